The molecule has 7 nitrogen and oxygen atoms in total. The number of rotatable bonds is 4. The lowest BCUT2D eigenvalue weighted by Gasteiger charge is -2.06. The molecule has 0 fully saturated rings. The first-order valence-corrected chi connectivity index (χ1v) is 5.86. The Morgan fingerprint density at radius 3 is 2.75 bits per heavy atom. The molecule has 0 radical (unpaired) electrons. The van der Waals surface area contributed by atoms with Crippen molar-refractivity contribution in [3.05, 3.63) is 57.5 Å². The van der Waals surface area contributed by atoms with Gasteiger partial charge in [-0.3, -0.25) is 14.9 Å². The fourth-order valence-corrected chi connectivity index (χ4v) is 1.65. The molecule has 1 heterocycles. The Hall–Kier alpha value is -2.67. The number of aryl methyl sites for hydroxylation is 1. The van der Waals surface area contributed by atoms with E-state index in [2.05, 4.69) is 5.32 Å². The van der Waals surface area contributed by atoms with Gasteiger partial charge in [-0.05, 0) is 24.6 Å². The minimum Gasteiger partial charge on any atom is -0.455 e. The summed E-state index contributed by atoms with van der Waals surface area (Å²) in [4.78, 5) is 22.2. The third-order valence-corrected chi connectivity index (χ3v) is 2.77. The van der Waals surface area contributed by atoms with Crippen LogP contribution in [0, 0.1) is 17.0 Å². The van der Waals surface area contributed by atoms with Crippen LogP contribution in [0.4, 0.5) is 11.4 Å². The van der Waals surface area contributed by atoms with Gasteiger partial charge in [-0.1, -0.05) is 6.07 Å². The number of nitrogens with one attached hydrogen (secondary N) is 1. The molecule has 0 unspecified atom stereocenters. The van der Waals surface area contributed by atoms with E-state index in [-0.39, 0.29) is 18.0 Å². The first-order chi connectivity index (χ1) is 9.51. The molecule has 20 heavy (non-hydrogen) atoms. The molecule has 2 aromatic rings. The normalized spacial score (nSPS) is 10.3. The highest BCUT2D eigenvalue weighted by Crippen LogP contribution is 2.22. The summed E-state index contributed by atoms with van der Waals surface area (Å²) in [7, 11) is 0. The summed E-state index contributed by atoms with van der Waals surface area (Å²) in [6.45, 7) is 1.94. The lowest BCUT2D eigenvalue weighted by molar-refractivity contribution is -0.384. The highest BCUT2D eigenvalue weighted by molar-refractivity contribution is 6.02. The van der Waals surface area contributed by atoms with E-state index in [4.69, 9.17) is 10.2 Å². The number of nitro benzene ring substituents is 1. The summed E-state index contributed by atoms with van der Waals surface area (Å²) in [5.74, 6) is 0.121. The van der Waals surface area contributed by atoms with Gasteiger partial charge in [-0.25, -0.2) is 0 Å². The third-order valence-electron chi connectivity index (χ3n) is 2.77. The van der Waals surface area contributed by atoms with Crippen molar-refractivity contribution in [1.82, 2.24) is 0 Å². The average Bonchev–Trinajstić information content (AvgIpc) is 2.89. The second kappa shape index (κ2) is 5.54. The molecule has 0 aliphatic carbocycles. The monoisotopic (exact) mass is 275 g/mol. The fourth-order valence-electron chi connectivity index (χ4n) is 1.65. The number of hydrogen-bond donors (Lipinski definition) is 2. The number of carbonyl (C=O) groups is 1. The number of amides is 1. The number of furan rings is 1. The maximum absolute atomic E-state index is 12.0. The van der Waals surface area contributed by atoms with Crippen molar-refractivity contribution < 1.29 is 14.1 Å². The van der Waals surface area contributed by atoms with Gasteiger partial charge in [0.05, 0.1) is 17.2 Å². The van der Waals surface area contributed by atoms with E-state index in [0.29, 0.717) is 11.4 Å². The average molecular weight is 275 g/mol. The summed E-state index contributed by atoms with van der Waals surface area (Å²) >= 11 is 0. The molecule has 0 aliphatic heterocycles. The van der Waals surface area contributed by atoms with Gasteiger partial charge in [0.2, 0.25) is 0 Å². The highest BCUT2D eigenvalue weighted by Gasteiger charge is 2.14. The molecule has 0 atom stereocenters. The number of nitro groups is 1. The van der Waals surface area contributed by atoms with E-state index in [1.54, 1.807) is 19.1 Å². The molecular weight excluding hydrogens is 262 g/mol. The molecule has 0 saturated heterocycles. The minimum atomic E-state index is -0.519. The van der Waals surface area contributed by atoms with Gasteiger partial charge in [-0.2, -0.15) is 0 Å². The number of hydrogen-bond acceptors (Lipinski definition) is 5. The van der Waals surface area contributed by atoms with Gasteiger partial charge in [-0.15, -0.1) is 0 Å². The second-order valence-corrected chi connectivity index (χ2v) is 4.18. The maximum atomic E-state index is 12.0. The number of nitrogens with two attached hydrogens (primary N) is 1. The van der Waals surface area contributed by atoms with Crippen LogP contribution < -0.4 is 11.1 Å². The summed E-state index contributed by atoms with van der Waals surface area (Å²) in [5, 5.41) is 13.3. The van der Waals surface area contributed by atoms with E-state index in [1.807, 2.05) is 0 Å². The van der Waals surface area contributed by atoms with Crippen LogP contribution in [-0.2, 0) is 6.54 Å². The smallest absolute Gasteiger partial charge is 0.291 e. The zero-order valence-electron chi connectivity index (χ0n) is 10.8. The molecule has 0 spiro atoms. The van der Waals surface area contributed by atoms with E-state index < -0.39 is 10.8 Å². The zero-order valence-corrected chi connectivity index (χ0v) is 10.8. The molecule has 0 bridgehead atoms. The molecule has 1 aromatic heterocycles. The van der Waals surface area contributed by atoms with Crippen molar-refractivity contribution in [3.8, 4) is 0 Å². The Morgan fingerprint density at radius 2 is 2.15 bits per heavy atom. The number of benzene rings is 1. The van der Waals surface area contributed by atoms with Crippen molar-refractivity contribution >= 4 is 17.3 Å². The van der Waals surface area contributed by atoms with E-state index in [1.165, 1.54) is 18.2 Å². The predicted octanol–water partition coefficient (Wildman–Crippen LogP) is 2.21. The number of nitrogens with zero attached hydrogens (tertiary/aromatic N) is 1. The van der Waals surface area contributed by atoms with Crippen LogP contribution in [0.3, 0.4) is 0 Å². The second-order valence-electron chi connectivity index (χ2n) is 4.18. The van der Waals surface area contributed by atoms with Crippen molar-refractivity contribution in [3.63, 3.8) is 0 Å². The minimum absolute atomic E-state index is 0.0898. The molecule has 7 heteroatoms. The van der Waals surface area contributed by atoms with Crippen LogP contribution in [0.1, 0.15) is 21.9 Å². The summed E-state index contributed by atoms with van der Waals surface area (Å²) in [6.07, 6.45) is 0. The zero-order chi connectivity index (χ0) is 14.7. The molecule has 104 valence electrons. The van der Waals surface area contributed by atoms with Crippen molar-refractivity contribution in [2.75, 3.05) is 5.32 Å². The Bertz CT molecular complexity index is 663. The van der Waals surface area contributed by atoms with E-state index in [9.17, 15) is 14.9 Å². The standard InChI is InChI=1S/C13H13N3O4/c1-8-2-3-9(16(18)19)6-11(8)15-13(17)12-5-4-10(7-14)20-12/h2-6H,7,14H2,1H3,(H,15,17). The quantitative estimate of drug-likeness (QED) is 0.656. The predicted molar refractivity (Wildman–Crippen MR) is 72.4 cm³/mol. The Kier molecular flexibility index (Phi) is 3.81. The highest BCUT2D eigenvalue weighted by atomic mass is 16.6. The van der Waals surface area contributed by atoms with E-state index >= 15 is 0 Å². The van der Waals surface area contributed by atoms with Gasteiger partial charge in [0, 0.05) is 12.1 Å². The molecule has 1 amide bonds. The number of carbonyl (C=O) groups excluding carboxylic acids is 1. The van der Waals surface area contributed by atoms with Crippen LogP contribution in [-0.4, -0.2) is 10.8 Å². The molecule has 2 rings (SSSR count). The molecule has 1 aromatic carbocycles. The third kappa shape index (κ3) is 2.83. The van der Waals surface area contributed by atoms with Crippen molar-refractivity contribution in [1.29, 1.82) is 0 Å². The molecule has 3 N–H and O–H groups in total. The van der Waals surface area contributed by atoms with Crippen molar-refractivity contribution in [2.24, 2.45) is 5.73 Å². The van der Waals surface area contributed by atoms with Gasteiger partial charge >= 0.3 is 0 Å². The molecular formula is C13H13N3O4. The Labute approximate surface area is 114 Å². The van der Waals surface area contributed by atoms with Gasteiger partial charge in [0.1, 0.15) is 5.76 Å². The maximum Gasteiger partial charge on any atom is 0.291 e. The van der Waals surface area contributed by atoms with E-state index in [0.717, 1.165) is 5.56 Å². The summed E-state index contributed by atoms with van der Waals surface area (Å²) in [5.41, 5.74) is 6.39. The summed E-state index contributed by atoms with van der Waals surface area (Å²) in [6, 6.07) is 7.37. The van der Waals surface area contributed by atoms with Gasteiger partial charge in [0.25, 0.3) is 11.6 Å². The van der Waals surface area contributed by atoms with Crippen LogP contribution in [0.15, 0.2) is 34.7 Å². The SMILES string of the molecule is Cc1ccc([N+](=O)[O-])cc1NC(=O)c1ccc(CN)o1. The van der Waals surface area contributed by atoms with Crippen LogP contribution in [0.2, 0.25) is 0 Å². The van der Waals surface area contributed by atoms with Crippen LogP contribution in [0.5, 0.6) is 0 Å². The fraction of sp³-hybridized carbons (Fsp3) is 0.154. The van der Waals surface area contributed by atoms with Gasteiger partial charge < -0.3 is 15.5 Å². The van der Waals surface area contributed by atoms with Crippen molar-refractivity contribution in [2.45, 2.75) is 13.5 Å². The van der Waals surface area contributed by atoms with Crippen LogP contribution >= 0.6 is 0 Å². The Morgan fingerprint density at radius 1 is 1.40 bits per heavy atom. The lowest BCUT2D eigenvalue weighted by Crippen LogP contribution is -2.12. The molecule has 0 aliphatic rings. The van der Waals surface area contributed by atoms with Crippen LogP contribution in [0.25, 0.3) is 0 Å². The molecule has 0 saturated carbocycles. The Balaban J connectivity index is 2.22. The lowest BCUT2D eigenvalue weighted by atomic mass is 10.2. The summed E-state index contributed by atoms with van der Waals surface area (Å²) < 4.78 is 5.21. The topological polar surface area (TPSA) is 111 Å². The largest absolute Gasteiger partial charge is 0.455 e. The number of non-ortho nitro benzene ring substituents is 1. The first-order valence-electron chi connectivity index (χ1n) is 5.86. The first kappa shape index (κ1) is 13.8. The number of anilines is 1. The van der Waals surface area contributed by atoms with Gasteiger partial charge in [0.15, 0.2) is 5.76 Å².